The molecular formula is C22H32N6O4. The lowest BCUT2D eigenvalue weighted by Crippen LogP contribution is -2.56. The number of carbonyl (C=O) groups is 2. The molecule has 1 aromatic heterocycles. The first-order chi connectivity index (χ1) is 14.8. The van der Waals surface area contributed by atoms with Gasteiger partial charge in [-0.25, -0.2) is 14.5 Å². The Morgan fingerprint density at radius 3 is 2.44 bits per heavy atom. The predicted molar refractivity (Wildman–Crippen MR) is 126 cm³/mol. The first kappa shape index (κ1) is 24.7. The monoisotopic (exact) mass is 444 g/mol. The number of para-hydroxylation sites is 1. The molecule has 0 bridgehead atoms. The number of anilines is 2. The largest absolute Gasteiger partial charge is 0.465 e. The lowest BCUT2D eigenvalue weighted by atomic mass is 10.1. The Kier molecular flexibility index (Phi) is 7.50. The normalized spacial score (nSPS) is 12.4. The molecule has 0 unspecified atom stereocenters. The summed E-state index contributed by atoms with van der Waals surface area (Å²) in [6.45, 7) is 11.0. The third kappa shape index (κ3) is 6.73. The van der Waals surface area contributed by atoms with Crippen molar-refractivity contribution in [2.24, 2.45) is 4.99 Å². The number of aromatic nitrogens is 1. The van der Waals surface area contributed by atoms with Gasteiger partial charge in [0, 0.05) is 17.5 Å². The van der Waals surface area contributed by atoms with E-state index >= 15 is 0 Å². The Morgan fingerprint density at radius 1 is 1.19 bits per heavy atom. The smallest absolute Gasteiger partial charge is 0.417 e. The van der Waals surface area contributed by atoms with Gasteiger partial charge in [-0.3, -0.25) is 15.3 Å². The summed E-state index contributed by atoms with van der Waals surface area (Å²) in [5.74, 6) is -0.117. The number of nitrogen functional groups attached to an aromatic ring is 1. The molecule has 0 spiro atoms. The van der Waals surface area contributed by atoms with Crippen molar-refractivity contribution in [3.05, 3.63) is 30.5 Å². The molecule has 2 amide bonds. The lowest BCUT2D eigenvalue weighted by molar-refractivity contribution is 0.0242. The molecule has 1 heterocycles. The number of guanidine groups is 1. The Balaban J connectivity index is 2.25. The number of rotatable bonds is 4. The van der Waals surface area contributed by atoms with Crippen LogP contribution in [0.4, 0.5) is 21.0 Å². The molecule has 174 valence electrons. The Morgan fingerprint density at radius 2 is 1.84 bits per heavy atom. The van der Waals surface area contributed by atoms with Crippen LogP contribution in [0, 0.1) is 0 Å². The summed E-state index contributed by atoms with van der Waals surface area (Å²) >= 11 is 0. The predicted octanol–water partition coefficient (Wildman–Crippen LogP) is 3.89. The fraction of sp³-hybridized carbons (Fsp3) is 0.455. The molecule has 2 aromatic rings. The van der Waals surface area contributed by atoms with Crippen molar-refractivity contribution in [3.63, 3.8) is 0 Å². The SMILES string of the molecule is CC(C)(C)OC(=O)N(C(=NCCNc1c(N)cnc2ccccc12)NC(=O)O)C(C)(C)C. The molecule has 32 heavy (non-hydrogen) atoms. The minimum Gasteiger partial charge on any atom is -0.465 e. The Hall–Kier alpha value is -3.56. The summed E-state index contributed by atoms with van der Waals surface area (Å²) < 4.78 is 5.46. The number of fused-ring (bicyclic) bond motifs is 1. The quantitative estimate of drug-likeness (QED) is 0.318. The van der Waals surface area contributed by atoms with Gasteiger partial charge in [0.2, 0.25) is 5.96 Å². The summed E-state index contributed by atoms with van der Waals surface area (Å²) in [5, 5.41) is 15.6. The van der Waals surface area contributed by atoms with E-state index in [9.17, 15) is 14.7 Å². The van der Waals surface area contributed by atoms with Crippen molar-refractivity contribution in [3.8, 4) is 0 Å². The molecule has 0 fully saturated rings. The van der Waals surface area contributed by atoms with Crippen LogP contribution in [0.5, 0.6) is 0 Å². The number of amides is 2. The molecule has 10 nitrogen and oxygen atoms in total. The summed E-state index contributed by atoms with van der Waals surface area (Å²) in [6.07, 6.45) is -0.455. The van der Waals surface area contributed by atoms with Crippen LogP contribution in [-0.4, -0.2) is 57.4 Å². The van der Waals surface area contributed by atoms with Gasteiger partial charge in [-0.05, 0) is 47.6 Å². The Bertz CT molecular complexity index is 1010. The van der Waals surface area contributed by atoms with Crippen LogP contribution in [0.2, 0.25) is 0 Å². The minimum absolute atomic E-state index is 0.117. The maximum absolute atomic E-state index is 12.8. The van der Waals surface area contributed by atoms with E-state index in [0.29, 0.717) is 12.2 Å². The Labute approximate surface area is 187 Å². The summed E-state index contributed by atoms with van der Waals surface area (Å²) in [7, 11) is 0. The zero-order valence-corrected chi connectivity index (χ0v) is 19.4. The van der Waals surface area contributed by atoms with Crippen LogP contribution in [0.25, 0.3) is 10.9 Å². The average Bonchev–Trinajstić information content (AvgIpc) is 2.63. The second-order valence-electron chi connectivity index (χ2n) is 9.15. The maximum atomic E-state index is 12.8. The standard InChI is InChI=1S/C22H32N6O4/c1-21(2,3)28(20(31)32-22(4,5)6)18(27-19(29)30)25-12-11-24-17-14-9-7-8-10-16(14)26-13-15(17)23/h7-10,13H,11-12,23H2,1-6H3,(H,24,26)(H,25,27)(H,29,30). The third-order valence-corrected chi connectivity index (χ3v) is 4.16. The molecule has 5 N–H and O–H groups in total. The van der Waals surface area contributed by atoms with Crippen LogP contribution < -0.4 is 16.4 Å². The zero-order chi connectivity index (χ0) is 24.1. The van der Waals surface area contributed by atoms with Crippen molar-refractivity contribution in [1.82, 2.24) is 15.2 Å². The highest BCUT2D eigenvalue weighted by molar-refractivity contribution is 6.01. The van der Waals surface area contributed by atoms with Gasteiger partial charge in [-0.15, -0.1) is 0 Å². The zero-order valence-electron chi connectivity index (χ0n) is 19.4. The second-order valence-corrected chi connectivity index (χ2v) is 9.15. The highest BCUT2D eigenvalue weighted by atomic mass is 16.6. The molecule has 0 saturated heterocycles. The van der Waals surface area contributed by atoms with E-state index in [1.807, 2.05) is 24.3 Å². The van der Waals surface area contributed by atoms with Crippen LogP contribution in [0.1, 0.15) is 41.5 Å². The minimum atomic E-state index is -1.33. The van der Waals surface area contributed by atoms with Crippen LogP contribution >= 0.6 is 0 Å². The number of pyridine rings is 1. The number of nitrogens with one attached hydrogen (secondary N) is 2. The van der Waals surface area contributed by atoms with E-state index < -0.39 is 23.3 Å². The number of carbonyl (C=O) groups excluding carboxylic acids is 1. The van der Waals surface area contributed by atoms with E-state index in [4.69, 9.17) is 10.5 Å². The summed E-state index contributed by atoms with van der Waals surface area (Å²) in [6, 6.07) is 7.57. The molecule has 0 aliphatic heterocycles. The molecule has 0 radical (unpaired) electrons. The van der Waals surface area contributed by atoms with Crippen molar-refractivity contribution in [2.75, 3.05) is 24.1 Å². The van der Waals surface area contributed by atoms with Gasteiger partial charge in [0.1, 0.15) is 5.60 Å². The number of nitrogens with zero attached hydrogens (tertiary/aromatic N) is 3. The van der Waals surface area contributed by atoms with Gasteiger partial charge in [-0.2, -0.15) is 0 Å². The molecule has 0 atom stereocenters. The van der Waals surface area contributed by atoms with Gasteiger partial charge in [0.15, 0.2) is 0 Å². The van der Waals surface area contributed by atoms with E-state index in [0.717, 1.165) is 16.6 Å². The summed E-state index contributed by atoms with van der Waals surface area (Å²) in [5.41, 5.74) is 6.54. The van der Waals surface area contributed by atoms with Gasteiger partial charge >= 0.3 is 12.2 Å². The number of benzene rings is 1. The van der Waals surface area contributed by atoms with Crippen molar-refractivity contribution >= 4 is 40.4 Å². The fourth-order valence-electron chi connectivity index (χ4n) is 2.94. The van der Waals surface area contributed by atoms with Crippen LogP contribution in [0.15, 0.2) is 35.5 Å². The van der Waals surface area contributed by atoms with Crippen LogP contribution in [-0.2, 0) is 4.74 Å². The van der Waals surface area contributed by atoms with Crippen LogP contribution in [0.3, 0.4) is 0 Å². The highest BCUT2D eigenvalue weighted by Crippen LogP contribution is 2.27. The molecule has 0 saturated carbocycles. The van der Waals surface area contributed by atoms with E-state index in [-0.39, 0.29) is 12.5 Å². The number of ether oxygens (including phenoxy) is 1. The first-order valence-electron chi connectivity index (χ1n) is 10.2. The van der Waals surface area contributed by atoms with Crippen molar-refractivity contribution in [2.45, 2.75) is 52.7 Å². The molecular weight excluding hydrogens is 412 g/mol. The number of hydrogen-bond acceptors (Lipinski definition) is 7. The second kappa shape index (κ2) is 9.71. The van der Waals surface area contributed by atoms with E-state index in [2.05, 4.69) is 20.6 Å². The highest BCUT2D eigenvalue weighted by Gasteiger charge is 2.35. The first-order valence-corrected chi connectivity index (χ1v) is 10.2. The molecule has 0 aliphatic rings. The van der Waals surface area contributed by atoms with E-state index in [1.54, 1.807) is 47.7 Å². The molecule has 1 aromatic carbocycles. The van der Waals surface area contributed by atoms with Crippen molar-refractivity contribution in [1.29, 1.82) is 0 Å². The fourth-order valence-corrected chi connectivity index (χ4v) is 2.94. The number of carboxylic acid groups (broad SMARTS) is 1. The number of aliphatic imine (C=N–C) groups is 1. The molecule has 10 heteroatoms. The summed E-state index contributed by atoms with van der Waals surface area (Å²) in [4.78, 5) is 34.0. The topological polar surface area (TPSA) is 142 Å². The van der Waals surface area contributed by atoms with Crippen molar-refractivity contribution < 1.29 is 19.4 Å². The van der Waals surface area contributed by atoms with E-state index in [1.165, 1.54) is 4.90 Å². The maximum Gasteiger partial charge on any atom is 0.417 e. The average molecular weight is 445 g/mol. The van der Waals surface area contributed by atoms with Gasteiger partial charge in [0.05, 0.1) is 29.6 Å². The number of hydrogen-bond donors (Lipinski definition) is 4. The van der Waals surface area contributed by atoms with Gasteiger partial charge in [-0.1, -0.05) is 18.2 Å². The molecule has 0 aliphatic carbocycles. The third-order valence-electron chi connectivity index (χ3n) is 4.16. The number of nitrogens with two attached hydrogens (primary N) is 1. The molecule has 2 rings (SSSR count). The lowest BCUT2D eigenvalue weighted by Gasteiger charge is -2.36. The van der Waals surface area contributed by atoms with Gasteiger partial charge < -0.3 is 20.9 Å². The van der Waals surface area contributed by atoms with Gasteiger partial charge in [0.25, 0.3) is 0 Å².